The fourth-order valence-corrected chi connectivity index (χ4v) is 4.30. The summed E-state index contributed by atoms with van der Waals surface area (Å²) in [7, 11) is 8.11. The number of fused-ring (bicyclic) bond motifs is 2. The Kier molecular flexibility index (Phi) is 3.79. The summed E-state index contributed by atoms with van der Waals surface area (Å²) in [5.41, 5.74) is 3.44. The van der Waals surface area contributed by atoms with Gasteiger partial charge in [0, 0.05) is 49.0 Å². The van der Waals surface area contributed by atoms with Gasteiger partial charge in [-0.25, -0.2) is 4.99 Å². The second kappa shape index (κ2) is 5.61. The van der Waals surface area contributed by atoms with Crippen LogP contribution < -0.4 is 15.2 Å². The minimum absolute atomic E-state index is 0.138. The minimum atomic E-state index is -0.138. The van der Waals surface area contributed by atoms with E-state index < -0.39 is 0 Å². The normalized spacial score (nSPS) is 15.4. The van der Waals surface area contributed by atoms with Crippen molar-refractivity contribution in [2.75, 3.05) is 38.0 Å². The van der Waals surface area contributed by atoms with Crippen LogP contribution >= 0.6 is 10.5 Å². The van der Waals surface area contributed by atoms with E-state index in [1.165, 1.54) is 20.8 Å². The molecule has 1 unspecified atom stereocenters. The minimum Gasteiger partial charge on any atom is -0.378 e. The number of anilines is 2. The lowest BCUT2D eigenvalue weighted by atomic mass is 10.2. The third-order valence-corrected chi connectivity index (χ3v) is 5.74. The zero-order chi connectivity index (χ0) is 15.9. The predicted molar refractivity (Wildman–Crippen MR) is 97.2 cm³/mol. The molecule has 0 spiro atoms. The van der Waals surface area contributed by atoms with Gasteiger partial charge < -0.3 is 9.80 Å². The summed E-state index contributed by atoms with van der Waals surface area (Å²) in [5.74, 6) is 0. The van der Waals surface area contributed by atoms with Gasteiger partial charge in [-0.15, -0.1) is 10.5 Å². The number of nitrogens with zero attached hydrogens (tertiary/aromatic N) is 3. The van der Waals surface area contributed by atoms with Gasteiger partial charge in [0.15, 0.2) is 0 Å². The maximum Gasteiger partial charge on any atom is 0.0773 e. The maximum atomic E-state index is 4.83. The Morgan fingerprint density at radius 3 is 2.23 bits per heavy atom. The average molecular weight is 311 g/mol. The molecule has 1 aliphatic rings. The largest absolute Gasteiger partial charge is 0.378 e. The van der Waals surface area contributed by atoms with Gasteiger partial charge in [-0.1, -0.05) is 6.58 Å². The summed E-state index contributed by atoms with van der Waals surface area (Å²) >= 11 is 0. The Balaban J connectivity index is 2.33. The quantitative estimate of drug-likeness (QED) is 0.803. The van der Waals surface area contributed by atoms with Crippen LogP contribution in [0.5, 0.6) is 0 Å². The Labute approximate surface area is 134 Å². The van der Waals surface area contributed by atoms with Gasteiger partial charge in [0.1, 0.15) is 0 Å². The molecule has 0 saturated heterocycles. The van der Waals surface area contributed by atoms with Crippen LogP contribution in [0.4, 0.5) is 17.1 Å². The topological polar surface area (TPSA) is 18.8 Å². The Morgan fingerprint density at radius 1 is 0.955 bits per heavy atom. The molecule has 0 bridgehead atoms. The molecule has 2 aromatic rings. The van der Waals surface area contributed by atoms with Gasteiger partial charge in [0.05, 0.1) is 11.0 Å². The van der Waals surface area contributed by atoms with Crippen LogP contribution in [0.25, 0.3) is 0 Å². The monoisotopic (exact) mass is 311 g/mol. The van der Waals surface area contributed by atoms with Crippen LogP contribution in [0.3, 0.4) is 0 Å². The highest BCUT2D eigenvalue weighted by Gasteiger charge is 2.12. The van der Waals surface area contributed by atoms with Crippen LogP contribution in [-0.4, -0.2) is 28.2 Å². The van der Waals surface area contributed by atoms with Crippen molar-refractivity contribution >= 4 is 27.5 Å². The van der Waals surface area contributed by atoms with Crippen molar-refractivity contribution in [3.05, 3.63) is 58.3 Å². The van der Waals surface area contributed by atoms with Gasteiger partial charge in [-0.3, -0.25) is 0 Å². The second-order valence-corrected chi connectivity index (χ2v) is 7.60. The molecule has 2 aromatic carbocycles. The van der Waals surface area contributed by atoms with Gasteiger partial charge in [-0.2, -0.15) is 0 Å². The lowest BCUT2D eigenvalue weighted by Gasteiger charge is -2.19. The molecule has 1 aliphatic heterocycles. The molecule has 0 saturated carbocycles. The fraction of sp³-hybridized carbons (Fsp3) is 0.222. The zero-order valence-corrected chi connectivity index (χ0v) is 14.3. The van der Waals surface area contributed by atoms with E-state index in [9.17, 15) is 0 Å². The second-order valence-electron chi connectivity index (χ2n) is 5.71. The van der Waals surface area contributed by atoms with E-state index >= 15 is 0 Å². The summed E-state index contributed by atoms with van der Waals surface area (Å²) in [6.07, 6.45) is 0. The van der Waals surface area contributed by atoms with Crippen molar-refractivity contribution in [1.82, 2.24) is 0 Å². The highest BCUT2D eigenvalue weighted by molar-refractivity contribution is 8.12. The average Bonchev–Trinajstić information content (AvgIpc) is 2.51. The molecule has 3 nitrogen and oxygen atoms in total. The van der Waals surface area contributed by atoms with E-state index in [4.69, 9.17) is 4.99 Å². The van der Waals surface area contributed by atoms with E-state index in [0.717, 1.165) is 11.0 Å². The SMILES string of the molecule is C=CS1=c2cc(N(C)C)ccc2=Nc2ccc(N(C)C)cc21. The molecular weight excluding hydrogens is 290 g/mol. The molecule has 4 heteroatoms. The third kappa shape index (κ3) is 2.44. The number of rotatable bonds is 3. The molecule has 0 radical (unpaired) electrons. The molecule has 114 valence electrons. The molecule has 22 heavy (non-hydrogen) atoms. The van der Waals surface area contributed by atoms with E-state index in [2.05, 4.69) is 81.0 Å². The Bertz CT molecular complexity index is 866. The van der Waals surface area contributed by atoms with Gasteiger partial charge >= 0.3 is 0 Å². The van der Waals surface area contributed by atoms with E-state index in [1.54, 1.807) is 0 Å². The van der Waals surface area contributed by atoms with Crippen LogP contribution in [0, 0.1) is 4.51 Å². The predicted octanol–water partition coefficient (Wildman–Crippen LogP) is 3.81. The van der Waals surface area contributed by atoms with Gasteiger partial charge in [-0.05, 0) is 41.8 Å². The maximum absolute atomic E-state index is 4.83. The first-order valence-corrected chi connectivity index (χ1v) is 8.50. The molecule has 0 aliphatic carbocycles. The highest BCUT2D eigenvalue weighted by Crippen LogP contribution is 2.41. The van der Waals surface area contributed by atoms with Crippen molar-refractivity contribution in [3.8, 4) is 0 Å². The van der Waals surface area contributed by atoms with E-state index in [-0.39, 0.29) is 10.5 Å². The van der Waals surface area contributed by atoms with Crippen LogP contribution in [-0.2, 0) is 0 Å². The molecular formula is C18H21N3S. The number of hydrogen-bond acceptors (Lipinski definition) is 3. The summed E-state index contributed by atoms with van der Waals surface area (Å²) in [4.78, 5) is 10.3. The molecule has 3 rings (SSSR count). The standard InChI is InChI=1S/C18H21N3S/c1-6-22-17-11-13(20(2)3)7-9-15(17)19-16-10-8-14(21(4)5)12-18(16)22/h6-12H,1H2,2-5H3. The Hall–Kier alpha value is -2.07. The van der Waals surface area contributed by atoms with Crippen molar-refractivity contribution in [3.63, 3.8) is 0 Å². The lowest BCUT2D eigenvalue weighted by molar-refractivity contribution is 1.11. The summed E-state index contributed by atoms with van der Waals surface area (Å²) in [6.45, 7) is 4.07. The summed E-state index contributed by atoms with van der Waals surface area (Å²) in [6, 6.07) is 12.9. The molecule has 0 amide bonds. The molecule has 1 heterocycles. The summed E-state index contributed by atoms with van der Waals surface area (Å²) in [5, 5.41) is 3.10. The fourth-order valence-electron chi connectivity index (χ4n) is 2.53. The van der Waals surface area contributed by atoms with Gasteiger partial charge in [0.25, 0.3) is 0 Å². The Morgan fingerprint density at radius 2 is 1.59 bits per heavy atom. The van der Waals surface area contributed by atoms with Crippen molar-refractivity contribution in [2.24, 2.45) is 4.99 Å². The highest BCUT2D eigenvalue weighted by atomic mass is 32.2. The van der Waals surface area contributed by atoms with Crippen LogP contribution in [0.2, 0.25) is 0 Å². The third-order valence-electron chi connectivity index (χ3n) is 3.80. The first-order valence-electron chi connectivity index (χ1n) is 7.21. The van der Waals surface area contributed by atoms with E-state index in [0.29, 0.717) is 0 Å². The van der Waals surface area contributed by atoms with Crippen molar-refractivity contribution < 1.29 is 0 Å². The number of hydrogen-bond donors (Lipinski definition) is 0. The lowest BCUT2D eigenvalue weighted by Crippen LogP contribution is -2.13. The summed E-state index contributed by atoms with van der Waals surface area (Å²) < 4.78 is 1.25. The number of benzene rings is 2. The van der Waals surface area contributed by atoms with Crippen molar-refractivity contribution in [1.29, 1.82) is 0 Å². The van der Waals surface area contributed by atoms with Gasteiger partial charge in [0.2, 0.25) is 0 Å². The molecule has 0 fully saturated rings. The first-order chi connectivity index (χ1) is 10.5. The molecule has 1 atom stereocenters. The smallest absolute Gasteiger partial charge is 0.0773 e. The van der Waals surface area contributed by atoms with Crippen molar-refractivity contribution in [2.45, 2.75) is 4.90 Å². The van der Waals surface area contributed by atoms with Crippen LogP contribution in [0.1, 0.15) is 0 Å². The zero-order valence-electron chi connectivity index (χ0n) is 13.5. The molecule has 0 N–H and O–H groups in total. The molecule has 0 aromatic heterocycles. The van der Waals surface area contributed by atoms with E-state index in [1.807, 2.05) is 5.41 Å². The first kappa shape index (κ1) is 14.9. The van der Waals surface area contributed by atoms with Crippen LogP contribution in [0.15, 0.2) is 58.3 Å².